The predicted molar refractivity (Wildman–Crippen MR) is 86.0 cm³/mol. The van der Waals surface area contributed by atoms with Gasteiger partial charge >= 0.3 is 0 Å². The molecule has 0 aliphatic heterocycles. The lowest BCUT2D eigenvalue weighted by Crippen LogP contribution is -2.30. The zero-order valence-corrected chi connectivity index (χ0v) is 13.3. The van der Waals surface area contributed by atoms with Crippen molar-refractivity contribution in [2.45, 2.75) is 38.6 Å². The Labute approximate surface area is 135 Å². The highest BCUT2D eigenvalue weighted by Crippen LogP contribution is 2.28. The lowest BCUT2D eigenvalue weighted by molar-refractivity contribution is 0.0920. The maximum Gasteiger partial charge on any atom is 0.274 e. The molecule has 5 heteroatoms. The van der Waals surface area contributed by atoms with E-state index in [2.05, 4.69) is 17.4 Å². The van der Waals surface area contributed by atoms with Crippen LogP contribution in [0.25, 0.3) is 0 Å². The van der Waals surface area contributed by atoms with E-state index in [0.29, 0.717) is 18.0 Å². The Bertz CT molecular complexity index is 666. The second-order valence-electron chi connectivity index (χ2n) is 6.23. The molecule has 1 aliphatic carbocycles. The number of aryl methyl sites for hydroxylation is 1. The molecule has 3 rings (SSSR count). The number of aliphatic hydroxyl groups is 1. The summed E-state index contributed by atoms with van der Waals surface area (Å²) in [5, 5.41) is 16.3. The monoisotopic (exact) mass is 314 g/mol. The molecule has 1 heterocycles. The van der Waals surface area contributed by atoms with E-state index in [4.69, 9.17) is 4.52 Å². The summed E-state index contributed by atoms with van der Waals surface area (Å²) in [6.45, 7) is 2.18. The van der Waals surface area contributed by atoms with Crippen LogP contribution in [0.5, 0.6) is 0 Å². The smallest absolute Gasteiger partial charge is 0.274 e. The standard InChI is InChI=1S/C18H22N2O3/c1-12-7-8-16-14(11-12)17(20-23-16)18(22)19-15(9-10-21)13-5-3-2-4-6-13/h2-6,12,15,21H,7-11H2,1H3,(H,19,22). The van der Waals surface area contributed by atoms with Gasteiger partial charge in [-0.2, -0.15) is 0 Å². The third kappa shape index (κ3) is 3.45. The van der Waals surface area contributed by atoms with Crippen molar-refractivity contribution < 1.29 is 14.4 Å². The van der Waals surface area contributed by atoms with E-state index in [-0.39, 0.29) is 18.6 Å². The number of carbonyl (C=O) groups excluding carboxylic acids is 1. The molecule has 122 valence electrons. The number of aliphatic hydroxyl groups excluding tert-OH is 1. The van der Waals surface area contributed by atoms with Gasteiger partial charge in [-0.05, 0) is 30.7 Å². The van der Waals surface area contributed by atoms with Crippen LogP contribution >= 0.6 is 0 Å². The molecule has 2 aromatic rings. The Morgan fingerprint density at radius 1 is 1.43 bits per heavy atom. The molecule has 1 aromatic carbocycles. The maximum absolute atomic E-state index is 12.6. The van der Waals surface area contributed by atoms with Crippen LogP contribution in [-0.2, 0) is 12.8 Å². The number of hydrogen-bond donors (Lipinski definition) is 2. The third-order valence-corrected chi connectivity index (χ3v) is 4.43. The topological polar surface area (TPSA) is 75.4 Å². The summed E-state index contributed by atoms with van der Waals surface area (Å²) in [6.07, 6.45) is 3.21. The van der Waals surface area contributed by atoms with Crippen LogP contribution in [0.2, 0.25) is 0 Å². The summed E-state index contributed by atoms with van der Waals surface area (Å²) in [4.78, 5) is 12.6. The molecule has 2 atom stereocenters. The minimum Gasteiger partial charge on any atom is -0.396 e. The van der Waals surface area contributed by atoms with E-state index in [9.17, 15) is 9.90 Å². The average Bonchev–Trinajstić information content (AvgIpc) is 2.98. The highest BCUT2D eigenvalue weighted by atomic mass is 16.5. The van der Waals surface area contributed by atoms with E-state index < -0.39 is 0 Å². The molecule has 1 aromatic heterocycles. The molecule has 0 saturated carbocycles. The fraction of sp³-hybridized carbons (Fsp3) is 0.444. The van der Waals surface area contributed by atoms with E-state index >= 15 is 0 Å². The number of aromatic nitrogens is 1. The zero-order valence-electron chi connectivity index (χ0n) is 13.3. The number of hydrogen-bond acceptors (Lipinski definition) is 4. The summed E-state index contributed by atoms with van der Waals surface area (Å²) < 4.78 is 5.34. The second kappa shape index (κ2) is 6.96. The first kappa shape index (κ1) is 15.7. The number of nitrogens with zero attached hydrogens (tertiary/aromatic N) is 1. The summed E-state index contributed by atoms with van der Waals surface area (Å²) in [6, 6.07) is 9.43. The van der Waals surface area contributed by atoms with E-state index in [1.807, 2.05) is 30.3 Å². The molecule has 0 fully saturated rings. The summed E-state index contributed by atoms with van der Waals surface area (Å²) >= 11 is 0. The molecular formula is C18H22N2O3. The Hall–Kier alpha value is -2.14. The van der Waals surface area contributed by atoms with Gasteiger partial charge in [-0.25, -0.2) is 0 Å². The van der Waals surface area contributed by atoms with Gasteiger partial charge in [0, 0.05) is 18.6 Å². The summed E-state index contributed by atoms with van der Waals surface area (Å²) in [5.41, 5.74) is 2.31. The number of rotatable bonds is 5. The molecule has 2 N–H and O–H groups in total. The molecule has 1 aliphatic rings. The normalized spacial score (nSPS) is 18.3. The molecule has 0 bridgehead atoms. The lowest BCUT2D eigenvalue weighted by atomic mass is 9.88. The lowest BCUT2D eigenvalue weighted by Gasteiger charge is -2.19. The SMILES string of the molecule is CC1CCc2onc(C(=O)NC(CCO)c3ccccc3)c2C1. The van der Waals surface area contributed by atoms with Gasteiger partial charge in [-0.15, -0.1) is 0 Å². The van der Waals surface area contributed by atoms with E-state index in [1.54, 1.807) is 0 Å². The predicted octanol–water partition coefficient (Wildman–Crippen LogP) is 2.65. The van der Waals surface area contributed by atoms with Crippen molar-refractivity contribution in [3.05, 3.63) is 52.9 Å². The Morgan fingerprint density at radius 3 is 2.96 bits per heavy atom. The largest absolute Gasteiger partial charge is 0.396 e. The summed E-state index contributed by atoms with van der Waals surface area (Å²) in [7, 11) is 0. The molecule has 0 saturated heterocycles. The molecule has 0 radical (unpaired) electrons. The fourth-order valence-corrected chi connectivity index (χ4v) is 3.12. The van der Waals surface area contributed by atoms with Crippen LogP contribution in [0.3, 0.4) is 0 Å². The molecule has 23 heavy (non-hydrogen) atoms. The van der Waals surface area contributed by atoms with Crippen LogP contribution in [0.15, 0.2) is 34.9 Å². The maximum atomic E-state index is 12.6. The first-order chi connectivity index (χ1) is 11.2. The van der Waals surface area contributed by atoms with Crippen LogP contribution in [0.1, 0.15) is 53.2 Å². The zero-order chi connectivity index (χ0) is 16.2. The minimum absolute atomic E-state index is 0.00774. The first-order valence-electron chi connectivity index (χ1n) is 8.13. The minimum atomic E-state index is -0.234. The Balaban J connectivity index is 1.79. The van der Waals surface area contributed by atoms with Gasteiger partial charge in [0.05, 0.1) is 6.04 Å². The third-order valence-electron chi connectivity index (χ3n) is 4.43. The van der Waals surface area contributed by atoms with Crippen molar-refractivity contribution in [2.24, 2.45) is 5.92 Å². The van der Waals surface area contributed by atoms with Crippen LogP contribution in [0, 0.1) is 5.92 Å². The van der Waals surface area contributed by atoms with Gasteiger partial charge < -0.3 is 14.9 Å². The van der Waals surface area contributed by atoms with Gasteiger partial charge in [0.25, 0.3) is 5.91 Å². The quantitative estimate of drug-likeness (QED) is 0.889. The number of benzene rings is 1. The van der Waals surface area contributed by atoms with Gasteiger partial charge in [-0.3, -0.25) is 4.79 Å². The van der Waals surface area contributed by atoms with Crippen LogP contribution in [-0.4, -0.2) is 22.8 Å². The number of amides is 1. The summed E-state index contributed by atoms with van der Waals surface area (Å²) in [5.74, 6) is 1.15. The number of carbonyl (C=O) groups is 1. The van der Waals surface area contributed by atoms with Crippen LogP contribution < -0.4 is 5.32 Å². The second-order valence-corrected chi connectivity index (χ2v) is 6.23. The molecule has 5 nitrogen and oxygen atoms in total. The van der Waals surface area contributed by atoms with Crippen LogP contribution in [0.4, 0.5) is 0 Å². The van der Waals surface area contributed by atoms with E-state index in [0.717, 1.165) is 36.1 Å². The Morgan fingerprint density at radius 2 is 2.22 bits per heavy atom. The van der Waals surface area contributed by atoms with Crippen molar-refractivity contribution >= 4 is 5.91 Å². The highest BCUT2D eigenvalue weighted by Gasteiger charge is 2.28. The number of fused-ring (bicyclic) bond motifs is 1. The molecule has 1 amide bonds. The van der Waals surface area contributed by atoms with Gasteiger partial charge in [0.2, 0.25) is 0 Å². The Kier molecular flexibility index (Phi) is 4.76. The highest BCUT2D eigenvalue weighted by molar-refractivity contribution is 5.94. The van der Waals surface area contributed by atoms with Gasteiger partial charge in [0.1, 0.15) is 5.76 Å². The first-order valence-corrected chi connectivity index (χ1v) is 8.13. The van der Waals surface area contributed by atoms with Gasteiger partial charge in [-0.1, -0.05) is 42.4 Å². The van der Waals surface area contributed by atoms with Crippen molar-refractivity contribution in [3.63, 3.8) is 0 Å². The van der Waals surface area contributed by atoms with Crippen molar-refractivity contribution in [3.8, 4) is 0 Å². The number of nitrogens with one attached hydrogen (secondary N) is 1. The van der Waals surface area contributed by atoms with Crippen molar-refractivity contribution in [2.75, 3.05) is 6.61 Å². The van der Waals surface area contributed by atoms with Gasteiger partial charge in [0.15, 0.2) is 5.69 Å². The van der Waals surface area contributed by atoms with Crippen molar-refractivity contribution in [1.82, 2.24) is 10.5 Å². The average molecular weight is 314 g/mol. The molecular weight excluding hydrogens is 292 g/mol. The molecule has 0 spiro atoms. The van der Waals surface area contributed by atoms with Crippen molar-refractivity contribution in [1.29, 1.82) is 0 Å². The van der Waals surface area contributed by atoms with E-state index in [1.165, 1.54) is 0 Å². The fourth-order valence-electron chi connectivity index (χ4n) is 3.12. The molecule has 2 unspecified atom stereocenters.